The lowest BCUT2D eigenvalue weighted by molar-refractivity contribution is -0.145. The number of aryl methyl sites for hydroxylation is 1. The van der Waals surface area contributed by atoms with Crippen LogP contribution >= 0.6 is 0 Å². The van der Waals surface area contributed by atoms with E-state index in [9.17, 15) is 40.7 Å². The summed E-state index contributed by atoms with van der Waals surface area (Å²) < 4.78 is 78.6. The number of hydrogen-bond acceptors (Lipinski definition) is 5. The number of halogens is 6. The number of rotatable bonds is 13. The van der Waals surface area contributed by atoms with Crippen molar-refractivity contribution < 1.29 is 40.7 Å². The van der Waals surface area contributed by atoms with Crippen molar-refractivity contribution in [2.75, 3.05) is 29.4 Å². The molecule has 2 spiro atoms. The number of amides is 3. The van der Waals surface area contributed by atoms with Crippen LogP contribution < -0.4 is 9.80 Å². The average molecular weight is 961 g/mol. The number of carbonyl (C=O) groups excluding carboxylic acids is 3. The fourth-order valence-corrected chi connectivity index (χ4v) is 12.1. The van der Waals surface area contributed by atoms with E-state index in [0.29, 0.717) is 50.9 Å². The Morgan fingerprint density at radius 1 is 0.768 bits per heavy atom. The molecule has 372 valence electrons. The molecule has 15 heteroatoms. The second kappa shape index (κ2) is 19.3. The summed E-state index contributed by atoms with van der Waals surface area (Å²) in [5.41, 5.74) is 7.71. The van der Waals surface area contributed by atoms with Crippen LogP contribution in [0.1, 0.15) is 152 Å². The van der Waals surface area contributed by atoms with E-state index in [-0.39, 0.29) is 43.0 Å². The molecule has 2 aromatic carbocycles. The summed E-state index contributed by atoms with van der Waals surface area (Å²) in [6.45, 7) is 8.16. The Labute approximate surface area is 401 Å². The first-order valence-electron chi connectivity index (χ1n) is 25.4. The predicted octanol–water partition coefficient (Wildman–Crippen LogP) is 11.9. The third-order valence-electron chi connectivity index (χ3n) is 16.0. The smallest absolute Gasteiger partial charge is 0.339 e. The van der Waals surface area contributed by atoms with Crippen molar-refractivity contribution in [3.8, 4) is 0 Å². The van der Waals surface area contributed by atoms with E-state index in [4.69, 9.17) is 9.98 Å². The number of nitrogens with zero attached hydrogens (tertiary/aromatic N) is 6. The van der Waals surface area contributed by atoms with E-state index >= 15 is 0 Å². The van der Waals surface area contributed by atoms with E-state index in [1.54, 1.807) is 9.80 Å². The van der Waals surface area contributed by atoms with Gasteiger partial charge in [-0.3, -0.25) is 19.4 Å². The number of benzene rings is 2. The highest BCUT2D eigenvalue weighted by Gasteiger charge is 2.60. The number of hydrogen-bond donors (Lipinski definition) is 0. The number of fused-ring (bicyclic) bond motifs is 5. The van der Waals surface area contributed by atoms with Crippen LogP contribution in [0, 0.1) is 17.8 Å². The second-order valence-corrected chi connectivity index (χ2v) is 21.4. The molecular weight excluding hydrogens is 895 g/mol. The number of unbranched alkanes of at least 4 members (excludes halogenated alkanes) is 1. The molecule has 7 aliphatic rings. The van der Waals surface area contributed by atoms with Gasteiger partial charge in [0, 0.05) is 66.9 Å². The average Bonchev–Trinajstić information content (AvgIpc) is 3.85. The lowest BCUT2D eigenvalue weighted by Gasteiger charge is -2.47. The highest BCUT2D eigenvalue weighted by molar-refractivity contribution is 6.13. The van der Waals surface area contributed by atoms with Crippen LogP contribution in [0.4, 0.5) is 37.7 Å². The fourth-order valence-electron chi connectivity index (χ4n) is 12.1. The lowest BCUT2D eigenvalue weighted by atomic mass is 9.74. The van der Waals surface area contributed by atoms with Crippen molar-refractivity contribution >= 4 is 34.8 Å². The van der Waals surface area contributed by atoms with E-state index in [1.807, 2.05) is 51.9 Å². The number of carbonyl (C=O) groups is 3. The maximum Gasteiger partial charge on any atom is 0.389 e. The molecule has 3 atom stereocenters. The molecule has 0 N–H and O–H groups in total. The Morgan fingerprint density at radius 2 is 1.41 bits per heavy atom. The number of alkyl halides is 6. The summed E-state index contributed by atoms with van der Waals surface area (Å²) >= 11 is 0. The summed E-state index contributed by atoms with van der Waals surface area (Å²) in [7, 11) is 0. The quantitative estimate of drug-likeness (QED) is 0.0969. The van der Waals surface area contributed by atoms with Gasteiger partial charge in [0.15, 0.2) is 0 Å². The largest absolute Gasteiger partial charge is 0.389 e. The molecule has 0 bridgehead atoms. The van der Waals surface area contributed by atoms with Gasteiger partial charge in [0.25, 0.3) is 0 Å². The molecule has 3 aliphatic heterocycles. The van der Waals surface area contributed by atoms with Crippen LogP contribution in [0.15, 0.2) is 64.8 Å². The van der Waals surface area contributed by atoms with Gasteiger partial charge >= 0.3 is 12.4 Å². The third kappa shape index (κ3) is 10.2. The van der Waals surface area contributed by atoms with Gasteiger partial charge < -0.3 is 19.3 Å². The number of likely N-dealkylation sites (tertiary alicyclic amines) is 1. The third-order valence-corrected chi connectivity index (χ3v) is 16.0. The molecule has 3 fully saturated rings. The topological polar surface area (TPSA) is 91.1 Å². The van der Waals surface area contributed by atoms with Gasteiger partial charge in [0.1, 0.15) is 11.2 Å². The first-order chi connectivity index (χ1) is 32.9. The minimum absolute atomic E-state index is 0.0285. The molecule has 10 rings (SSSR count). The minimum Gasteiger partial charge on any atom is -0.339 e. The second-order valence-electron chi connectivity index (χ2n) is 21.4. The molecular formula is C54H66F6N6O3. The normalized spacial score (nSPS) is 24.2. The van der Waals surface area contributed by atoms with E-state index in [1.165, 1.54) is 5.57 Å². The van der Waals surface area contributed by atoms with Crippen molar-refractivity contribution in [2.24, 2.45) is 22.7 Å². The Hall–Kier alpha value is -4.95. The Kier molecular flexibility index (Phi) is 13.7. The number of aliphatic imine (C=N–C) groups is 1. The van der Waals surface area contributed by atoms with Crippen molar-refractivity contribution in [1.82, 2.24) is 14.5 Å². The van der Waals surface area contributed by atoms with Crippen molar-refractivity contribution in [2.45, 2.75) is 173 Å². The highest BCUT2D eigenvalue weighted by atomic mass is 19.4. The summed E-state index contributed by atoms with van der Waals surface area (Å²) in [4.78, 5) is 55.5. The Bertz CT molecular complexity index is 2500. The zero-order valence-corrected chi connectivity index (χ0v) is 40.3. The van der Waals surface area contributed by atoms with Crippen LogP contribution in [0.2, 0.25) is 0 Å². The van der Waals surface area contributed by atoms with Crippen LogP contribution in [-0.4, -0.2) is 69.9 Å². The van der Waals surface area contributed by atoms with Crippen LogP contribution in [0.25, 0.3) is 0 Å². The molecule has 4 aliphatic carbocycles. The number of aromatic nitrogens is 2. The molecule has 69 heavy (non-hydrogen) atoms. The summed E-state index contributed by atoms with van der Waals surface area (Å²) in [6.07, 6.45) is 2.29. The monoisotopic (exact) mass is 961 g/mol. The highest BCUT2D eigenvalue weighted by Crippen LogP contribution is 2.54. The van der Waals surface area contributed by atoms with Gasteiger partial charge in [-0.2, -0.15) is 26.3 Å². The Morgan fingerprint density at radius 3 is 2.07 bits per heavy atom. The molecule has 3 amide bonds. The van der Waals surface area contributed by atoms with Gasteiger partial charge in [0.2, 0.25) is 17.7 Å². The van der Waals surface area contributed by atoms with E-state index in [0.717, 1.165) is 128 Å². The maximum atomic E-state index is 13.9. The zero-order valence-electron chi connectivity index (χ0n) is 40.3. The molecule has 2 saturated carbocycles. The van der Waals surface area contributed by atoms with Crippen LogP contribution in [0.5, 0.6) is 0 Å². The minimum atomic E-state index is -4.17. The molecule has 0 radical (unpaired) electrons. The van der Waals surface area contributed by atoms with Gasteiger partial charge in [-0.05, 0) is 145 Å². The molecule has 1 saturated heterocycles. The van der Waals surface area contributed by atoms with Gasteiger partial charge in [-0.25, -0.2) is 4.98 Å². The van der Waals surface area contributed by atoms with Crippen molar-refractivity contribution in [3.05, 3.63) is 88.1 Å². The summed E-state index contributed by atoms with van der Waals surface area (Å²) in [5.74, 6) is 2.11. The maximum absolute atomic E-state index is 13.9. The SMILES string of the molecule is CC1=C(N=C(CCCCC(F)(F)F)CN2C(=O)C3(CN(C(=O)C4CC4)C3)c3ccccc32)CC(C)CC1.CC1CCC2(C1)C(=O)N(Cc1nc3c(n1CCCC(F)(F)F)CCCC3)c1ccccc12. The van der Waals surface area contributed by atoms with Crippen molar-refractivity contribution in [3.63, 3.8) is 0 Å². The summed E-state index contributed by atoms with van der Waals surface area (Å²) in [6, 6.07) is 15.8. The molecule has 3 aromatic rings. The van der Waals surface area contributed by atoms with Crippen molar-refractivity contribution in [1.29, 1.82) is 0 Å². The van der Waals surface area contributed by atoms with Crippen LogP contribution in [-0.2, 0) is 51.1 Å². The number of imidazole rings is 1. The van der Waals surface area contributed by atoms with Crippen LogP contribution in [0.3, 0.4) is 0 Å². The fraction of sp³-hybridized carbons (Fsp3) is 0.611. The molecule has 1 aromatic heterocycles. The number of allylic oxidation sites excluding steroid dienone is 2. The number of anilines is 2. The van der Waals surface area contributed by atoms with Gasteiger partial charge in [-0.1, -0.05) is 55.8 Å². The molecule has 9 nitrogen and oxygen atoms in total. The standard InChI is InChI=1S/C29H36F3N3O2.C25H30F3N3O/c1-19-10-11-20(2)24(15-19)33-22(7-5-6-14-29(30,31)32)16-35-25-9-4-3-8-23(25)28(27(35)37)17-34(18-28)26(36)21-12-13-21;1-17-11-13-24(15-17)18-7-2-4-9-20(18)31(23(24)32)16-22-29-19-8-3-5-10-21(19)30(22)14-6-12-25(26,27)28/h3-4,8-9,19,21H,5-7,10-18H2,1-2H3;2,4,7,9,17H,3,5-6,8,10-16H2,1H3. The zero-order chi connectivity index (χ0) is 48.9. The Balaban J connectivity index is 0.000000174. The molecule has 3 unspecified atom stereocenters. The van der Waals surface area contributed by atoms with E-state index < -0.39 is 36.0 Å². The lowest BCUT2D eigenvalue weighted by Crippen LogP contribution is -2.65. The number of para-hydroxylation sites is 2. The first kappa shape index (κ1) is 49.0. The summed E-state index contributed by atoms with van der Waals surface area (Å²) in [5, 5.41) is 0. The van der Waals surface area contributed by atoms with Gasteiger partial charge in [0.05, 0.1) is 24.2 Å². The predicted molar refractivity (Wildman–Crippen MR) is 254 cm³/mol. The first-order valence-corrected chi connectivity index (χ1v) is 25.4. The van der Waals surface area contributed by atoms with E-state index in [2.05, 4.69) is 26.8 Å². The molecule has 4 heterocycles. The van der Waals surface area contributed by atoms with Gasteiger partial charge in [-0.15, -0.1) is 0 Å².